The van der Waals surface area contributed by atoms with E-state index in [1.54, 1.807) is 0 Å². The second-order valence-electron chi connectivity index (χ2n) is 2.26. The van der Waals surface area contributed by atoms with Crippen molar-refractivity contribution in [3.05, 3.63) is 0 Å². The quantitative estimate of drug-likeness (QED) is 0.661. The first-order chi connectivity index (χ1) is 6.02. The highest BCUT2D eigenvalue weighted by molar-refractivity contribution is 8.23. The summed E-state index contributed by atoms with van der Waals surface area (Å²) in [7, 11) is 0. The minimum Gasteiger partial charge on any atom is -0.481 e. The molecule has 0 aliphatic carbocycles. The number of aliphatic carboxylic acids is 2. The van der Waals surface area contributed by atoms with Crippen molar-refractivity contribution in [2.24, 2.45) is 0 Å². The molecular weight excluding hydrogens is 212 g/mol. The maximum Gasteiger partial charge on any atom is 0.304 e. The molecule has 0 aromatic carbocycles. The molecule has 0 amide bonds. The Morgan fingerprint density at radius 1 is 1.08 bits per heavy atom. The number of thioether (sulfide) groups is 1. The molecule has 74 valence electrons. The molecule has 0 aliphatic rings. The number of carbonyl (C=O) groups is 2. The topological polar surface area (TPSA) is 74.6 Å². The van der Waals surface area contributed by atoms with Crippen LogP contribution in [0.3, 0.4) is 0 Å². The normalized spacial score (nSPS) is 9.54. The third kappa shape index (κ3) is 9.29. The maximum atomic E-state index is 10.1. The van der Waals surface area contributed by atoms with Crippen LogP contribution in [0.25, 0.3) is 0 Å². The Balaban J connectivity index is 3.41. The molecule has 0 aromatic rings. The second kappa shape index (κ2) is 6.85. The van der Waals surface area contributed by atoms with Crippen LogP contribution in [0.2, 0.25) is 0 Å². The molecule has 0 aromatic heterocycles. The Morgan fingerprint density at radius 2 is 1.62 bits per heavy atom. The van der Waals surface area contributed by atoms with Gasteiger partial charge in [0.15, 0.2) is 0 Å². The summed E-state index contributed by atoms with van der Waals surface area (Å²) >= 11 is 6.07. The van der Waals surface area contributed by atoms with Gasteiger partial charge in [0, 0.05) is 9.95 Å². The van der Waals surface area contributed by atoms with E-state index >= 15 is 0 Å². The lowest BCUT2D eigenvalue weighted by Gasteiger charge is -1.99. The van der Waals surface area contributed by atoms with E-state index in [-0.39, 0.29) is 12.8 Å². The highest BCUT2D eigenvalue weighted by Crippen LogP contribution is 2.11. The molecule has 0 bridgehead atoms. The van der Waals surface area contributed by atoms with Gasteiger partial charge in [-0.3, -0.25) is 9.59 Å². The highest BCUT2D eigenvalue weighted by atomic mass is 32.2. The van der Waals surface area contributed by atoms with Crippen molar-refractivity contribution in [2.45, 2.75) is 19.3 Å². The first kappa shape index (κ1) is 12.4. The van der Waals surface area contributed by atoms with Crippen LogP contribution in [0.15, 0.2) is 0 Å². The van der Waals surface area contributed by atoms with Gasteiger partial charge in [-0.25, -0.2) is 0 Å². The summed E-state index contributed by atoms with van der Waals surface area (Å²) in [6, 6.07) is 0. The first-order valence-electron chi connectivity index (χ1n) is 3.61. The van der Waals surface area contributed by atoms with Gasteiger partial charge in [0.1, 0.15) is 0 Å². The third-order valence-electron chi connectivity index (χ3n) is 1.12. The fourth-order valence-corrected chi connectivity index (χ4v) is 1.64. The molecule has 0 fully saturated rings. The van der Waals surface area contributed by atoms with Crippen molar-refractivity contribution in [3.8, 4) is 0 Å². The summed E-state index contributed by atoms with van der Waals surface area (Å²) in [6.07, 6.45) is 0.395. The summed E-state index contributed by atoms with van der Waals surface area (Å²) in [4.78, 5) is 20.2. The predicted molar refractivity (Wildman–Crippen MR) is 54.2 cm³/mol. The smallest absolute Gasteiger partial charge is 0.304 e. The standard InChI is InChI=1S/C7H10O4S2/c8-5(9)1-2-7(12)13-4-3-6(10)11/h1-4H2,(H,8,9)(H,10,11). The van der Waals surface area contributed by atoms with Crippen molar-refractivity contribution in [1.82, 2.24) is 0 Å². The van der Waals surface area contributed by atoms with Crippen LogP contribution in [-0.4, -0.2) is 32.1 Å². The van der Waals surface area contributed by atoms with Gasteiger partial charge in [-0.1, -0.05) is 12.2 Å². The average Bonchev–Trinajstić information content (AvgIpc) is 2.00. The Labute approximate surface area is 85.3 Å². The summed E-state index contributed by atoms with van der Waals surface area (Å²) in [5.74, 6) is -1.34. The molecule has 0 atom stereocenters. The molecule has 0 radical (unpaired) electrons. The van der Waals surface area contributed by atoms with Gasteiger partial charge in [0.2, 0.25) is 0 Å². The van der Waals surface area contributed by atoms with Crippen molar-refractivity contribution < 1.29 is 19.8 Å². The molecule has 4 nitrogen and oxygen atoms in total. The van der Waals surface area contributed by atoms with Crippen LogP contribution in [-0.2, 0) is 9.59 Å². The van der Waals surface area contributed by atoms with Crippen molar-refractivity contribution in [2.75, 3.05) is 5.75 Å². The largest absolute Gasteiger partial charge is 0.481 e. The van der Waals surface area contributed by atoms with Gasteiger partial charge >= 0.3 is 11.9 Å². The van der Waals surface area contributed by atoms with Gasteiger partial charge in [-0.15, -0.1) is 11.8 Å². The molecule has 0 rings (SSSR count). The van der Waals surface area contributed by atoms with E-state index < -0.39 is 11.9 Å². The van der Waals surface area contributed by atoms with Crippen molar-refractivity contribution >= 4 is 40.1 Å². The molecule has 0 saturated heterocycles. The summed E-state index contributed by atoms with van der Waals surface area (Å²) < 4.78 is 0.559. The molecule has 0 saturated carbocycles. The fraction of sp³-hybridized carbons (Fsp3) is 0.571. The number of thiocarbonyl (C=S) groups is 1. The van der Waals surface area contributed by atoms with Crippen LogP contribution in [0.1, 0.15) is 19.3 Å². The van der Waals surface area contributed by atoms with Crippen LogP contribution < -0.4 is 0 Å². The van der Waals surface area contributed by atoms with E-state index in [9.17, 15) is 9.59 Å². The lowest BCUT2D eigenvalue weighted by Crippen LogP contribution is -2.01. The Bertz CT molecular complexity index is 215. The van der Waals surface area contributed by atoms with E-state index in [1.165, 1.54) is 11.8 Å². The van der Waals surface area contributed by atoms with Crippen LogP contribution in [0, 0.1) is 0 Å². The predicted octanol–water partition coefficient (Wildman–Crippen LogP) is 1.39. The maximum absolute atomic E-state index is 10.1. The minimum atomic E-state index is -0.888. The number of hydrogen-bond donors (Lipinski definition) is 2. The third-order valence-corrected chi connectivity index (χ3v) is 2.61. The van der Waals surface area contributed by atoms with Gasteiger partial charge in [-0.05, 0) is 6.42 Å². The lowest BCUT2D eigenvalue weighted by atomic mass is 10.3. The summed E-state index contributed by atoms with van der Waals surface area (Å²) in [5, 5.41) is 16.6. The Morgan fingerprint density at radius 3 is 2.08 bits per heavy atom. The second-order valence-corrected chi connectivity index (χ2v) is 4.20. The number of hydrogen-bond acceptors (Lipinski definition) is 4. The molecule has 13 heavy (non-hydrogen) atoms. The fourth-order valence-electron chi connectivity index (χ4n) is 0.533. The Kier molecular flexibility index (Phi) is 6.52. The zero-order valence-corrected chi connectivity index (χ0v) is 8.49. The van der Waals surface area contributed by atoms with Crippen LogP contribution >= 0.6 is 24.0 Å². The van der Waals surface area contributed by atoms with Crippen LogP contribution in [0.5, 0.6) is 0 Å². The first-order valence-corrected chi connectivity index (χ1v) is 5.01. The van der Waals surface area contributed by atoms with Gasteiger partial charge < -0.3 is 10.2 Å². The van der Waals surface area contributed by atoms with Gasteiger partial charge in [0.25, 0.3) is 0 Å². The molecule has 6 heteroatoms. The van der Waals surface area contributed by atoms with Crippen LogP contribution in [0.4, 0.5) is 0 Å². The molecule has 0 heterocycles. The van der Waals surface area contributed by atoms with E-state index in [0.717, 1.165) is 0 Å². The molecule has 0 spiro atoms. The highest BCUT2D eigenvalue weighted by Gasteiger charge is 2.03. The van der Waals surface area contributed by atoms with E-state index in [1.807, 2.05) is 0 Å². The SMILES string of the molecule is O=C(O)CCSC(=S)CCC(=O)O. The molecule has 0 aliphatic heterocycles. The Hall–Kier alpha value is -0.620. The number of rotatable bonds is 6. The van der Waals surface area contributed by atoms with E-state index in [2.05, 4.69) is 0 Å². The molecule has 0 unspecified atom stereocenters. The lowest BCUT2D eigenvalue weighted by molar-refractivity contribution is -0.137. The minimum absolute atomic E-state index is 0.0128. The van der Waals surface area contributed by atoms with Gasteiger partial charge in [0.05, 0.1) is 12.8 Å². The van der Waals surface area contributed by atoms with E-state index in [4.69, 9.17) is 22.4 Å². The number of carboxylic acid groups (broad SMARTS) is 2. The van der Waals surface area contributed by atoms with E-state index in [0.29, 0.717) is 16.4 Å². The monoisotopic (exact) mass is 222 g/mol. The summed E-state index contributed by atoms with van der Waals surface area (Å²) in [5.41, 5.74) is 0. The average molecular weight is 222 g/mol. The van der Waals surface area contributed by atoms with Crippen molar-refractivity contribution in [1.29, 1.82) is 0 Å². The zero-order valence-electron chi connectivity index (χ0n) is 6.86. The molecular formula is C7H10O4S2. The zero-order chi connectivity index (χ0) is 10.3. The molecule has 2 N–H and O–H groups in total. The van der Waals surface area contributed by atoms with Crippen molar-refractivity contribution in [3.63, 3.8) is 0 Å². The number of carboxylic acids is 2. The van der Waals surface area contributed by atoms with Gasteiger partial charge in [-0.2, -0.15) is 0 Å². The summed E-state index contributed by atoms with van der Waals surface area (Å²) in [6.45, 7) is 0.